The van der Waals surface area contributed by atoms with Gasteiger partial charge in [0.25, 0.3) is 0 Å². The lowest BCUT2D eigenvalue weighted by molar-refractivity contribution is 0.500. The lowest BCUT2D eigenvalue weighted by Gasteiger charge is -2.07. The predicted octanol–water partition coefficient (Wildman–Crippen LogP) is 4.59. The third-order valence-corrected chi connectivity index (χ3v) is 2.83. The molecule has 0 fully saturated rings. The average molecular weight is 259 g/mol. The van der Waals surface area contributed by atoms with Crippen LogP contribution in [0.2, 0.25) is 5.22 Å². The molecule has 0 radical (unpaired) electrons. The monoisotopic (exact) mass is 258 g/mol. The first kappa shape index (κ1) is 11.5. The molecule has 0 aliphatic carbocycles. The maximum atomic E-state index is 13.4. The Morgan fingerprint density at radius 2 is 1.94 bits per heavy atom. The van der Waals surface area contributed by atoms with Crippen molar-refractivity contribution in [2.75, 3.05) is 0 Å². The molecule has 0 saturated carbocycles. The van der Waals surface area contributed by atoms with Crippen molar-refractivity contribution >= 4 is 23.2 Å². The molecular weight excluding hydrogens is 250 g/mol. The molecule has 0 saturated heterocycles. The summed E-state index contributed by atoms with van der Waals surface area (Å²) in [7, 11) is 0. The van der Waals surface area contributed by atoms with Gasteiger partial charge in [-0.15, -0.1) is 11.6 Å². The highest BCUT2D eigenvalue weighted by molar-refractivity contribution is 6.29. The van der Waals surface area contributed by atoms with Crippen LogP contribution in [0.15, 0.2) is 40.8 Å². The summed E-state index contributed by atoms with van der Waals surface area (Å²) in [6.07, 6.45) is 0.373. The molecule has 2 aromatic rings. The van der Waals surface area contributed by atoms with Crippen molar-refractivity contribution in [2.45, 2.75) is 11.8 Å². The van der Waals surface area contributed by atoms with Gasteiger partial charge in [0, 0.05) is 0 Å². The number of benzene rings is 1. The number of furan rings is 1. The van der Waals surface area contributed by atoms with Crippen LogP contribution in [-0.4, -0.2) is 0 Å². The van der Waals surface area contributed by atoms with Crippen LogP contribution in [0.25, 0.3) is 0 Å². The molecule has 0 aliphatic heterocycles. The zero-order chi connectivity index (χ0) is 11.5. The average Bonchev–Trinajstić information content (AvgIpc) is 2.68. The minimum absolute atomic E-state index is 0.259. The fourth-order valence-corrected chi connectivity index (χ4v) is 1.89. The van der Waals surface area contributed by atoms with E-state index in [2.05, 4.69) is 0 Å². The summed E-state index contributed by atoms with van der Waals surface area (Å²) in [6, 6.07) is 9.85. The first-order chi connectivity index (χ1) is 7.66. The lowest BCUT2D eigenvalue weighted by Crippen LogP contribution is -1.96. The summed E-state index contributed by atoms with van der Waals surface area (Å²) in [4.78, 5) is 0. The second-order valence-corrected chi connectivity index (χ2v) is 4.30. The highest BCUT2D eigenvalue weighted by atomic mass is 35.5. The van der Waals surface area contributed by atoms with Crippen molar-refractivity contribution in [1.82, 2.24) is 0 Å². The van der Waals surface area contributed by atoms with Crippen LogP contribution in [-0.2, 0) is 6.42 Å². The van der Waals surface area contributed by atoms with Gasteiger partial charge < -0.3 is 4.42 Å². The van der Waals surface area contributed by atoms with Crippen LogP contribution in [0.4, 0.5) is 4.39 Å². The van der Waals surface area contributed by atoms with Crippen molar-refractivity contribution in [3.8, 4) is 0 Å². The van der Waals surface area contributed by atoms with Crippen LogP contribution in [0.3, 0.4) is 0 Å². The zero-order valence-electron chi connectivity index (χ0n) is 8.29. The Balaban J connectivity index is 2.13. The van der Waals surface area contributed by atoms with E-state index in [1.807, 2.05) is 0 Å². The molecule has 84 valence electrons. The fraction of sp³-hybridized carbons (Fsp3) is 0.167. The second kappa shape index (κ2) is 4.89. The Kier molecular flexibility index (Phi) is 3.52. The number of hydrogen-bond donors (Lipinski definition) is 0. The Bertz CT molecular complexity index is 481. The summed E-state index contributed by atoms with van der Waals surface area (Å²) in [5, 5.41) is -0.126. The van der Waals surface area contributed by atoms with E-state index in [0.29, 0.717) is 17.7 Å². The Labute approximate surface area is 103 Å². The summed E-state index contributed by atoms with van der Waals surface area (Å²) >= 11 is 11.7. The summed E-state index contributed by atoms with van der Waals surface area (Å²) in [6.45, 7) is 0. The van der Waals surface area contributed by atoms with Crippen molar-refractivity contribution in [1.29, 1.82) is 0 Å². The van der Waals surface area contributed by atoms with Crippen molar-refractivity contribution in [2.24, 2.45) is 0 Å². The molecule has 1 aromatic carbocycles. The van der Waals surface area contributed by atoms with Crippen LogP contribution in [0.1, 0.15) is 16.7 Å². The van der Waals surface area contributed by atoms with Gasteiger partial charge in [-0.25, -0.2) is 4.39 Å². The number of hydrogen-bond acceptors (Lipinski definition) is 1. The highest BCUT2D eigenvalue weighted by Gasteiger charge is 2.14. The van der Waals surface area contributed by atoms with Crippen LogP contribution in [0, 0.1) is 5.82 Å². The van der Waals surface area contributed by atoms with Gasteiger partial charge in [0.05, 0.1) is 5.38 Å². The summed E-state index contributed by atoms with van der Waals surface area (Å²) in [5.41, 5.74) is 0.565. The molecule has 1 unspecified atom stereocenters. The standard InChI is InChI=1S/C12H9Cl2FO/c13-9(11-5-6-12(14)16-11)7-8-3-1-2-4-10(8)15/h1-6,9H,7H2. The molecule has 0 N–H and O–H groups in total. The summed E-state index contributed by atoms with van der Waals surface area (Å²) < 4.78 is 18.5. The van der Waals surface area contributed by atoms with E-state index in [9.17, 15) is 4.39 Å². The second-order valence-electron chi connectivity index (χ2n) is 3.40. The van der Waals surface area contributed by atoms with E-state index in [1.54, 1.807) is 30.3 Å². The third kappa shape index (κ3) is 2.57. The van der Waals surface area contributed by atoms with Crippen molar-refractivity contribution < 1.29 is 8.81 Å². The molecular formula is C12H9Cl2FO. The van der Waals surface area contributed by atoms with E-state index in [-0.39, 0.29) is 11.0 Å². The minimum Gasteiger partial charge on any atom is -0.448 e. The van der Waals surface area contributed by atoms with Crippen molar-refractivity contribution in [3.63, 3.8) is 0 Å². The highest BCUT2D eigenvalue weighted by Crippen LogP contribution is 2.28. The number of rotatable bonds is 3. The summed E-state index contributed by atoms with van der Waals surface area (Å²) in [5.74, 6) is 0.292. The van der Waals surface area contributed by atoms with Crippen molar-refractivity contribution in [3.05, 3.63) is 58.8 Å². The zero-order valence-corrected chi connectivity index (χ0v) is 9.80. The Morgan fingerprint density at radius 1 is 1.19 bits per heavy atom. The van der Waals surface area contributed by atoms with Crippen LogP contribution < -0.4 is 0 Å². The largest absolute Gasteiger partial charge is 0.448 e. The maximum Gasteiger partial charge on any atom is 0.193 e. The first-order valence-electron chi connectivity index (χ1n) is 4.79. The van der Waals surface area contributed by atoms with E-state index in [4.69, 9.17) is 27.6 Å². The lowest BCUT2D eigenvalue weighted by atomic mass is 10.1. The SMILES string of the molecule is Fc1ccccc1CC(Cl)c1ccc(Cl)o1. The molecule has 0 amide bonds. The minimum atomic E-state index is -0.413. The van der Waals surface area contributed by atoms with Gasteiger partial charge >= 0.3 is 0 Å². The van der Waals surface area contributed by atoms with Gasteiger partial charge in [-0.05, 0) is 41.8 Å². The first-order valence-corrected chi connectivity index (χ1v) is 5.61. The van der Waals surface area contributed by atoms with Crippen LogP contribution in [0.5, 0.6) is 0 Å². The van der Waals surface area contributed by atoms with Gasteiger partial charge in [-0.3, -0.25) is 0 Å². The fourth-order valence-electron chi connectivity index (χ4n) is 1.45. The Morgan fingerprint density at radius 3 is 2.56 bits per heavy atom. The van der Waals surface area contributed by atoms with Gasteiger partial charge in [0.15, 0.2) is 5.22 Å². The molecule has 1 aromatic heterocycles. The molecule has 2 rings (SSSR count). The van der Waals surface area contributed by atoms with E-state index in [1.165, 1.54) is 6.07 Å². The Hall–Kier alpha value is -0.990. The van der Waals surface area contributed by atoms with E-state index < -0.39 is 5.38 Å². The third-order valence-electron chi connectivity index (χ3n) is 2.26. The predicted molar refractivity (Wildman–Crippen MR) is 62.4 cm³/mol. The normalized spacial score (nSPS) is 12.7. The molecule has 16 heavy (non-hydrogen) atoms. The molecule has 0 aliphatic rings. The number of halogens is 3. The molecule has 0 bridgehead atoms. The molecule has 0 spiro atoms. The smallest absolute Gasteiger partial charge is 0.193 e. The number of alkyl halides is 1. The maximum absolute atomic E-state index is 13.4. The van der Waals surface area contributed by atoms with Gasteiger partial charge in [-0.1, -0.05) is 18.2 Å². The van der Waals surface area contributed by atoms with Gasteiger partial charge in [0.2, 0.25) is 0 Å². The topological polar surface area (TPSA) is 13.1 Å². The van der Waals surface area contributed by atoms with E-state index in [0.717, 1.165) is 0 Å². The molecule has 1 nitrogen and oxygen atoms in total. The molecule has 1 heterocycles. The van der Waals surface area contributed by atoms with Crippen LogP contribution >= 0.6 is 23.2 Å². The van der Waals surface area contributed by atoms with Gasteiger partial charge in [0.1, 0.15) is 11.6 Å². The van der Waals surface area contributed by atoms with Gasteiger partial charge in [-0.2, -0.15) is 0 Å². The quantitative estimate of drug-likeness (QED) is 0.734. The molecule has 4 heteroatoms. The molecule has 1 atom stereocenters. The van der Waals surface area contributed by atoms with E-state index >= 15 is 0 Å².